The highest BCUT2D eigenvalue weighted by molar-refractivity contribution is 7.99. The van der Waals surface area contributed by atoms with Crippen LogP contribution in [0.2, 0.25) is 0 Å². The Labute approximate surface area is 109 Å². The first kappa shape index (κ1) is 13.7. The highest BCUT2D eigenvalue weighted by atomic mass is 32.2. The fourth-order valence-corrected chi connectivity index (χ4v) is 3.24. The van der Waals surface area contributed by atoms with E-state index in [0.29, 0.717) is 0 Å². The molecule has 0 heterocycles. The third-order valence-electron chi connectivity index (χ3n) is 3.27. The monoisotopic (exact) mass is 275 g/mol. The van der Waals surface area contributed by atoms with E-state index in [1.54, 1.807) is 0 Å². The van der Waals surface area contributed by atoms with Gasteiger partial charge in [0.15, 0.2) is 0 Å². The molecule has 0 bridgehead atoms. The van der Waals surface area contributed by atoms with Crippen molar-refractivity contribution in [1.82, 2.24) is 0 Å². The smallest absolute Gasteiger partial charge is 0.330 e. The van der Waals surface area contributed by atoms with Gasteiger partial charge in [-0.05, 0) is 42.5 Å². The van der Waals surface area contributed by atoms with Crippen LogP contribution in [0, 0.1) is 5.92 Å². The van der Waals surface area contributed by atoms with Gasteiger partial charge in [-0.25, -0.2) is 0 Å². The Morgan fingerprint density at radius 3 is 2.61 bits per heavy atom. The number of halogens is 3. The van der Waals surface area contributed by atoms with Gasteiger partial charge in [-0.2, -0.15) is 13.2 Å². The lowest BCUT2D eigenvalue weighted by Gasteiger charge is -2.17. The summed E-state index contributed by atoms with van der Waals surface area (Å²) >= 11 is 1.25. The molecule has 0 aromatic heterocycles. The Kier molecular flexibility index (Phi) is 4.22. The number of aryl methyl sites for hydroxylation is 2. The molecule has 0 saturated heterocycles. The van der Waals surface area contributed by atoms with E-state index in [1.807, 2.05) is 18.2 Å². The Hall–Kier alpha value is -0.680. The Morgan fingerprint density at radius 1 is 1.22 bits per heavy atom. The highest BCUT2D eigenvalue weighted by Gasteiger charge is 2.38. The van der Waals surface area contributed by atoms with E-state index in [4.69, 9.17) is 5.73 Å². The van der Waals surface area contributed by atoms with E-state index in [9.17, 15) is 13.2 Å². The van der Waals surface area contributed by atoms with Crippen molar-refractivity contribution in [1.29, 1.82) is 0 Å². The van der Waals surface area contributed by atoms with E-state index in [0.717, 1.165) is 24.2 Å². The quantitative estimate of drug-likeness (QED) is 0.852. The molecular weight excluding hydrogens is 259 g/mol. The summed E-state index contributed by atoms with van der Waals surface area (Å²) in [4.78, 5) is 0.915. The van der Waals surface area contributed by atoms with Crippen LogP contribution in [0.3, 0.4) is 0 Å². The number of fused-ring (bicyclic) bond motifs is 1. The van der Waals surface area contributed by atoms with Crippen LogP contribution in [-0.4, -0.2) is 18.5 Å². The molecule has 0 amide bonds. The predicted molar refractivity (Wildman–Crippen MR) is 67.8 cm³/mol. The molecule has 0 saturated carbocycles. The molecule has 18 heavy (non-hydrogen) atoms. The molecule has 1 aliphatic rings. The summed E-state index contributed by atoms with van der Waals surface area (Å²) in [6.45, 7) is -0.346. The molecule has 1 aliphatic carbocycles. The zero-order chi connectivity index (χ0) is 13.2. The number of thioether (sulfide) groups is 1. The first-order valence-electron chi connectivity index (χ1n) is 6.02. The Balaban J connectivity index is 1.98. The van der Waals surface area contributed by atoms with Crippen molar-refractivity contribution in [2.75, 3.05) is 12.3 Å². The molecule has 1 unspecified atom stereocenters. The topological polar surface area (TPSA) is 26.0 Å². The summed E-state index contributed by atoms with van der Waals surface area (Å²) in [6.07, 6.45) is -0.909. The molecule has 2 N–H and O–H groups in total. The zero-order valence-corrected chi connectivity index (χ0v) is 10.8. The lowest BCUT2D eigenvalue weighted by atomic mass is 10.1. The average molecular weight is 275 g/mol. The number of hydrogen-bond donors (Lipinski definition) is 1. The summed E-state index contributed by atoms with van der Waals surface area (Å²) in [5, 5.41) is 0. The summed E-state index contributed by atoms with van der Waals surface area (Å²) in [6, 6.07) is 5.98. The van der Waals surface area contributed by atoms with Gasteiger partial charge in [0.25, 0.3) is 0 Å². The van der Waals surface area contributed by atoms with E-state index in [1.165, 1.54) is 22.9 Å². The second-order valence-electron chi connectivity index (χ2n) is 4.57. The van der Waals surface area contributed by atoms with Crippen LogP contribution in [0.4, 0.5) is 13.2 Å². The number of hydrogen-bond acceptors (Lipinski definition) is 2. The number of rotatable bonds is 4. The molecule has 0 fully saturated rings. The molecule has 2 rings (SSSR count). The van der Waals surface area contributed by atoms with E-state index in [2.05, 4.69) is 0 Å². The lowest BCUT2D eigenvalue weighted by molar-refractivity contribution is -0.165. The van der Waals surface area contributed by atoms with Gasteiger partial charge in [0.2, 0.25) is 0 Å². The van der Waals surface area contributed by atoms with Gasteiger partial charge in [0.05, 0.1) is 5.92 Å². The van der Waals surface area contributed by atoms with Crippen molar-refractivity contribution < 1.29 is 13.2 Å². The van der Waals surface area contributed by atoms with Crippen molar-refractivity contribution in [2.24, 2.45) is 11.7 Å². The summed E-state index contributed by atoms with van der Waals surface area (Å²) < 4.78 is 37.6. The van der Waals surface area contributed by atoms with Crippen LogP contribution in [0.25, 0.3) is 0 Å². The second-order valence-corrected chi connectivity index (χ2v) is 5.66. The highest BCUT2D eigenvalue weighted by Crippen LogP contribution is 2.33. The minimum absolute atomic E-state index is 0.00120. The van der Waals surface area contributed by atoms with Gasteiger partial charge in [-0.3, -0.25) is 0 Å². The van der Waals surface area contributed by atoms with Crippen LogP contribution in [-0.2, 0) is 12.8 Å². The normalized spacial score (nSPS) is 16.7. The molecule has 0 spiro atoms. The summed E-state index contributed by atoms with van der Waals surface area (Å²) in [5.41, 5.74) is 7.81. The van der Waals surface area contributed by atoms with Gasteiger partial charge >= 0.3 is 6.18 Å². The van der Waals surface area contributed by atoms with Gasteiger partial charge in [-0.1, -0.05) is 6.07 Å². The molecule has 100 valence electrons. The van der Waals surface area contributed by atoms with Crippen LogP contribution in [0.15, 0.2) is 23.1 Å². The molecule has 1 atom stereocenters. The average Bonchev–Trinajstić information content (AvgIpc) is 2.75. The minimum Gasteiger partial charge on any atom is -0.330 e. The van der Waals surface area contributed by atoms with Gasteiger partial charge in [-0.15, -0.1) is 11.8 Å². The molecule has 1 aromatic rings. The van der Waals surface area contributed by atoms with Crippen molar-refractivity contribution in [3.05, 3.63) is 29.3 Å². The maximum Gasteiger partial charge on any atom is 0.393 e. The standard InChI is InChI=1S/C13H16F3NS/c14-13(15,16)11(7-17)8-18-12-5-4-9-2-1-3-10(9)6-12/h4-6,11H,1-3,7-8,17H2. The van der Waals surface area contributed by atoms with Gasteiger partial charge in [0, 0.05) is 17.2 Å². The molecule has 0 radical (unpaired) electrons. The number of nitrogens with two attached hydrogens (primary N) is 1. The van der Waals surface area contributed by atoms with E-state index in [-0.39, 0.29) is 12.3 Å². The maximum atomic E-state index is 12.5. The fraction of sp³-hybridized carbons (Fsp3) is 0.538. The number of alkyl halides is 3. The summed E-state index contributed by atoms with van der Waals surface area (Å²) in [7, 11) is 0. The molecule has 1 nitrogen and oxygen atoms in total. The summed E-state index contributed by atoms with van der Waals surface area (Å²) in [5.74, 6) is -1.42. The Bertz CT molecular complexity index is 417. The van der Waals surface area contributed by atoms with Crippen LogP contribution >= 0.6 is 11.8 Å². The molecule has 1 aromatic carbocycles. The number of benzene rings is 1. The largest absolute Gasteiger partial charge is 0.393 e. The van der Waals surface area contributed by atoms with Crippen molar-refractivity contribution in [2.45, 2.75) is 30.3 Å². The molecule has 5 heteroatoms. The van der Waals surface area contributed by atoms with Crippen LogP contribution < -0.4 is 5.73 Å². The maximum absolute atomic E-state index is 12.5. The van der Waals surface area contributed by atoms with Gasteiger partial charge in [0.1, 0.15) is 0 Å². The van der Waals surface area contributed by atoms with E-state index < -0.39 is 12.1 Å². The Morgan fingerprint density at radius 2 is 1.94 bits per heavy atom. The zero-order valence-electron chi connectivity index (χ0n) is 9.96. The predicted octanol–water partition coefficient (Wildman–Crippen LogP) is 3.40. The second kappa shape index (κ2) is 5.53. The fourth-order valence-electron chi connectivity index (χ4n) is 2.13. The van der Waals surface area contributed by atoms with Gasteiger partial charge < -0.3 is 5.73 Å². The SMILES string of the molecule is NCC(CSc1ccc2c(c1)CCC2)C(F)(F)F. The first-order valence-corrected chi connectivity index (χ1v) is 7.00. The lowest BCUT2D eigenvalue weighted by Crippen LogP contribution is -2.32. The van der Waals surface area contributed by atoms with Crippen molar-refractivity contribution in [3.63, 3.8) is 0 Å². The minimum atomic E-state index is -4.20. The van der Waals surface area contributed by atoms with Crippen molar-refractivity contribution in [3.8, 4) is 0 Å². The van der Waals surface area contributed by atoms with Crippen molar-refractivity contribution >= 4 is 11.8 Å². The van der Waals surface area contributed by atoms with Crippen LogP contribution in [0.5, 0.6) is 0 Å². The first-order chi connectivity index (χ1) is 8.50. The molecule has 0 aliphatic heterocycles. The van der Waals surface area contributed by atoms with E-state index >= 15 is 0 Å². The molecular formula is C13H16F3NS. The third kappa shape index (κ3) is 3.20. The van der Waals surface area contributed by atoms with Crippen LogP contribution in [0.1, 0.15) is 17.5 Å². The third-order valence-corrected chi connectivity index (χ3v) is 4.42.